The van der Waals surface area contributed by atoms with E-state index in [1.807, 2.05) is 13.8 Å². The molecule has 0 fully saturated rings. The topological polar surface area (TPSA) is 74.6 Å². The van der Waals surface area contributed by atoms with E-state index in [4.69, 9.17) is 11.6 Å². The third kappa shape index (κ3) is 2.72. The summed E-state index contributed by atoms with van der Waals surface area (Å²) in [7, 11) is 0. The van der Waals surface area contributed by atoms with Crippen molar-refractivity contribution >= 4 is 35.3 Å². The van der Waals surface area contributed by atoms with Crippen LogP contribution in [0.5, 0.6) is 0 Å². The number of thioether (sulfide) groups is 1. The van der Waals surface area contributed by atoms with Crippen molar-refractivity contribution in [2.75, 3.05) is 0 Å². The largest absolute Gasteiger partial charge is 0.481 e. The highest BCUT2D eigenvalue weighted by molar-refractivity contribution is 8.00. The Bertz CT molecular complexity index is 604. The van der Waals surface area contributed by atoms with Crippen molar-refractivity contribution in [2.24, 2.45) is 5.92 Å². The zero-order chi connectivity index (χ0) is 16.5. The molecule has 4 nitrogen and oxygen atoms in total. The third-order valence-corrected chi connectivity index (χ3v) is 6.25. The average molecular weight is 343 g/mol. The number of carbonyl (C=O) groups is 2. The lowest BCUT2D eigenvalue weighted by molar-refractivity contribution is -0.153. The van der Waals surface area contributed by atoms with Crippen LogP contribution in [0.2, 0.25) is 5.02 Å². The van der Waals surface area contributed by atoms with Gasteiger partial charge in [0.15, 0.2) is 0 Å². The highest BCUT2D eigenvalue weighted by Gasteiger charge is 2.54. The van der Waals surface area contributed by atoms with Gasteiger partial charge in [0.1, 0.15) is 5.41 Å². The molecule has 0 radical (unpaired) electrons. The Morgan fingerprint density at radius 1 is 1.27 bits per heavy atom. The molecule has 120 valence electrons. The molecule has 2 N–H and O–H groups in total. The molecule has 3 unspecified atom stereocenters. The number of rotatable bonds is 5. The number of hydrogen-bond acceptors (Lipinski definition) is 3. The molecule has 1 aromatic carbocycles. The molecule has 0 saturated heterocycles. The van der Waals surface area contributed by atoms with E-state index in [1.165, 1.54) is 0 Å². The SMILES string of the molecule is CCC1Sc2ccc(Cl)cc2C(CC(=O)O)(C(=O)O)C1CC. The molecule has 0 spiro atoms. The second-order valence-corrected chi connectivity index (χ2v) is 7.28. The second kappa shape index (κ2) is 6.50. The smallest absolute Gasteiger partial charge is 0.315 e. The summed E-state index contributed by atoms with van der Waals surface area (Å²) < 4.78 is 0. The number of halogens is 1. The van der Waals surface area contributed by atoms with Crippen molar-refractivity contribution in [3.63, 3.8) is 0 Å². The van der Waals surface area contributed by atoms with E-state index in [-0.39, 0.29) is 11.2 Å². The van der Waals surface area contributed by atoms with Gasteiger partial charge in [0, 0.05) is 15.2 Å². The monoisotopic (exact) mass is 342 g/mol. The van der Waals surface area contributed by atoms with Crippen LogP contribution in [-0.4, -0.2) is 27.4 Å². The molecule has 1 heterocycles. The Kier molecular flexibility index (Phi) is 5.07. The van der Waals surface area contributed by atoms with Crippen LogP contribution in [0.25, 0.3) is 0 Å². The first kappa shape index (κ1) is 17.2. The van der Waals surface area contributed by atoms with Crippen molar-refractivity contribution in [3.05, 3.63) is 28.8 Å². The predicted octanol–water partition coefficient (Wildman–Crippen LogP) is 4.05. The first-order chi connectivity index (χ1) is 10.4. The first-order valence-electron chi connectivity index (χ1n) is 7.28. The van der Waals surface area contributed by atoms with E-state index in [2.05, 4.69) is 0 Å². The summed E-state index contributed by atoms with van der Waals surface area (Å²) in [5.41, 5.74) is -0.885. The molecule has 0 aliphatic carbocycles. The van der Waals surface area contributed by atoms with Crippen LogP contribution in [0.4, 0.5) is 0 Å². The lowest BCUT2D eigenvalue weighted by atomic mass is 9.65. The Balaban J connectivity index is 2.75. The van der Waals surface area contributed by atoms with Gasteiger partial charge >= 0.3 is 11.9 Å². The van der Waals surface area contributed by atoms with E-state index >= 15 is 0 Å². The molecule has 3 atom stereocenters. The summed E-state index contributed by atoms with van der Waals surface area (Å²) >= 11 is 7.69. The quantitative estimate of drug-likeness (QED) is 0.844. The van der Waals surface area contributed by atoms with Gasteiger partial charge in [0.2, 0.25) is 0 Å². The van der Waals surface area contributed by atoms with Gasteiger partial charge < -0.3 is 10.2 Å². The maximum absolute atomic E-state index is 12.2. The minimum absolute atomic E-state index is 0.0779. The predicted molar refractivity (Wildman–Crippen MR) is 86.7 cm³/mol. The molecular weight excluding hydrogens is 324 g/mol. The fourth-order valence-electron chi connectivity index (χ4n) is 3.51. The zero-order valence-corrected chi connectivity index (χ0v) is 14.1. The molecule has 1 aliphatic rings. The number of carboxylic acid groups (broad SMARTS) is 2. The van der Waals surface area contributed by atoms with Crippen molar-refractivity contribution in [2.45, 2.75) is 48.7 Å². The molecule has 2 rings (SSSR count). The van der Waals surface area contributed by atoms with E-state index in [9.17, 15) is 19.8 Å². The van der Waals surface area contributed by atoms with Gasteiger partial charge in [-0.2, -0.15) is 0 Å². The molecule has 0 aromatic heterocycles. The summed E-state index contributed by atoms with van der Waals surface area (Å²) in [6.45, 7) is 3.93. The van der Waals surface area contributed by atoms with E-state index < -0.39 is 23.8 Å². The van der Waals surface area contributed by atoms with Gasteiger partial charge in [-0.1, -0.05) is 31.9 Å². The fourth-order valence-corrected chi connectivity index (χ4v) is 5.28. The molecule has 0 bridgehead atoms. The summed E-state index contributed by atoms with van der Waals surface area (Å²) in [6.07, 6.45) is 0.974. The molecule has 1 aromatic rings. The zero-order valence-electron chi connectivity index (χ0n) is 12.5. The van der Waals surface area contributed by atoms with E-state index in [0.29, 0.717) is 17.0 Å². The summed E-state index contributed by atoms with van der Waals surface area (Å²) in [5, 5.41) is 19.8. The van der Waals surface area contributed by atoms with Crippen molar-refractivity contribution in [3.8, 4) is 0 Å². The summed E-state index contributed by atoms with van der Waals surface area (Å²) in [5.74, 6) is -2.43. The maximum atomic E-state index is 12.2. The number of aliphatic carboxylic acids is 2. The number of carboxylic acids is 2. The highest BCUT2D eigenvalue weighted by Crippen LogP contribution is 2.53. The molecule has 6 heteroatoms. The van der Waals surface area contributed by atoms with Gasteiger partial charge in [-0.05, 0) is 36.1 Å². The first-order valence-corrected chi connectivity index (χ1v) is 8.54. The lowest BCUT2D eigenvalue weighted by Crippen LogP contribution is -2.50. The lowest BCUT2D eigenvalue weighted by Gasteiger charge is -2.45. The Morgan fingerprint density at radius 2 is 1.95 bits per heavy atom. The third-order valence-electron chi connectivity index (χ3n) is 4.44. The minimum atomic E-state index is -1.42. The molecule has 0 saturated carbocycles. The minimum Gasteiger partial charge on any atom is -0.481 e. The summed E-state index contributed by atoms with van der Waals surface area (Å²) in [4.78, 5) is 24.4. The number of hydrogen-bond donors (Lipinski definition) is 2. The Labute approximate surface area is 138 Å². The molecule has 1 aliphatic heterocycles. The van der Waals surface area contributed by atoms with Gasteiger partial charge in [-0.15, -0.1) is 11.8 Å². The Hall–Kier alpha value is -1.20. The van der Waals surface area contributed by atoms with E-state index in [1.54, 1.807) is 30.0 Å². The van der Waals surface area contributed by atoms with Crippen LogP contribution in [0.1, 0.15) is 38.7 Å². The van der Waals surface area contributed by atoms with Crippen LogP contribution in [0.3, 0.4) is 0 Å². The van der Waals surface area contributed by atoms with Gasteiger partial charge in [0.25, 0.3) is 0 Å². The maximum Gasteiger partial charge on any atom is 0.315 e. The number of fused-ring (bicyclic) bond motifs is 1. The van der Waals surface area contributed by atoms with Crippen LogP contribution in [-0.2, 0) is 15.0 Å². The normalized spacial score (nSPS) is 27.2. The second-order valence-electron chi connectivity index (χ2n) is 5.57. The Morgan fingerprint density at radius 3 is 2.45 bits per heavy atom. The molecule has 0 amide bonds. The van der Waals surface area contributed by atoms with Crippen LogP contribution in [0.15, 0.2) is 23.1 Å². The summed E-state index contributed by atoms with van der Waals surface area (Å²) in [6, 6.07) is 5.14. The van der Waals surface area contributed by atoms with Gasteiger partial charge in [-0.3, -0.25) is 9.59 Å². The van der Waals surface area contributed by atoms with Gasteiger partial charge in [-0.25, -0.2) is 0 Å². The fraction of sp³-hybridized carbons (Fsp3) is 0.500. The number of benzene rings is 1. The van der Waals surface area contributed by atoms with Crippen LogP contribution in [0, 0.1) is 5.92 Å². The molecular formula is C16H19ClO4S. The van der Waals surface area contributed by atoms with Crippen molar-refractivity contribution in [1.29, 1.82) is 0 Å². The van der Waals surface area contributed by atoms with Crippen LogP contribution < -0.4 is 0 Å². The average Bonchev–Trinajstić information content (AvgIpc) is 2.46. The van der Waals surface area contributed by atoms with E-state index in [0.717, 1.165) is 11.3 Å². The van der Waals surface area contributed by atoms with Crippen molar-refractivity contribution < 1.29 is 19.8 Å². The standard InChI is InChI=1S/C16H19ClO4S/c1-3-10-12(4-2)22-13-6-5-9(17)7-11(13)16(10,15(20)21)8-14(18)19/h5-7,10,12H,3-4,8H2,1-2H3,(H,18,19)(H,20,21). The van der Waals surface area contributed by atoms with Gasteiger partial charge in [0.05, 0.1) is 6.42 Å². The van der Waals surface area contributed by atoms with Crippen molar-refractivity contribution in [1.82, 2.24) is 0 Å². The van der Waals surface area contributed by atoms with Crippen LogP contribution >= 0.6 is 23.4 Å². The highest BCUT2D eigenvalue weighted by atomic mass is 35.5. The molecule has 22 heavy (non-hydrogen) atoms.